The number of carbonyl (C=O) groups excluding carboxylic acids is 1. The number of rotatable bonds is 1. The van der Waals surface area contributed by atoms with Crippen molar-refractivity contribution in [2.75, 3.05) is 11.9 Å². The highest BCUT2D eigenvalue weighted by Gasteiger charge is 2.44. The van der Waals surface area contributed by atoms with E-state index in [4.69, 9.17) is 4.74 Å². The molecule has 56 valence electrons. The molecule has 10 heavy (non-hydrogen) atoms. The van der Waals surface area contributed by atoms with E-state index >= 15 is 0 Å². The van der Waals surface area contributed by atoms with Gasteiger partial charge in [-0.2, -0.15) is 0 Å². The molecule has 2 aliphatic heterocycles. The molecule has 2 rings (SSSR count). The number of amides is 1. The Labute approximate surface area is 67.5 Å². The van der Waals surface area contributed by atoms with Crippen LogP contribution >= 0.6 is 15.9 Å². The minimum Gasteiger partial charge on any atom is -0.352 e. The van der Waals surface area contributed by atoms with E-state index in [1.54, 1.807) is 4.90 Å². The van der Waals surface area contributed by atoms with Crippen LogP contribution in [-0.4, -0.2) is 35.0 Å². The number of β-lactam (4-membered cyclic amide) rings is 1. The summed E-state index contributed by atoms with van der Waals surface area (Å²) in [5.41, 5.74) is 0. The number of hydrogen-bond donors (Lipinski definition) is 0. The first-order chi connectivity index (χ1) is 4.81. The van der Waals surface area contributed by atoms with Crippen LogP contribution in [0.5, 0.6) is 0 Å². The summed E-state index contributed by atoms with van der Waals surface area (Å²) < 4.78 is 5.44. The van der Waals surface area contributed by atoms with E-state index in [1.165, 1.54) is 0 Å². The second-order valence-corrected chi connectivity index (χ2v) is 3.26. The molecule has 2 fully saturated rings. The van der Waals surface area contributed by atoms with Crippen LogP contribution in [0.15, 0.2) is 0 Å². The smallest absolute Gasteiger partial charge is 0.229 e. The summed E-state index contributed by atoms with van der Waals surface area (Å²) >= 11 is 3.32. The summed E-state index contributed by atoms with van der Waals surface area (Å²) in [7, 11) is 0. The normalized spacial score (nSPS) is 37.7. The molecule has 0 spiro atoms. The second kappa shape index (κ2) is 2.20. The number of ether oxygens (including phenoxy) is 1. The summed E-state index contributed by atoms with van der Waals surface area (Å²) in [6.07, 6.45) is 0.912. The van der Waals surface area contributed by atoms with Crippen LogP contribution in [0.2, 0.25) is 0 Å². The molecule has 3 nitrogen and oxygen atoms in total. The molecule has 0 N–H and O–H groups in total. The zero-order valence-electron chi connectivity index (χ0n) is 5.42. The SMILES string of the molecule is O=C1C[C@@H]2O[C@H](CBr)CN12. The molecule has 1 amide bonds. The van der Waals surface area contributed by atoms with Crippen molar-refractivity contribution in [2.45, 2.75) is 18.8 Å². The van der Waals surface area contributed by atoms with Crippen molar-refractivity contribution in [1.82, 2.24) is 4.90 Å². The van der Waals surface area contributed by atoms with Crippen LogP contribution in [0.25, 0.3) is 0 Å². The Morgan fingerprint density at radius 1 is 1.80 bits per heavy atom. The number of halogens is 1. The van der Waals surface area contributed by atoms with E-state index in [9.17, 15) is 4.79 Å². The van der Waals surface area contributed by atoms with Crippen molar-refractivity contribution < 1.29 is 9.53 Å². The van der Waals surface area contributed by atoms with Crippen molar-refractivity contribution in [3.63, 3.8) is 0 Å². The Morgan fingerprint density at radius 2 is 2.60 bits per heavy atom. The van der Waals surface area contributed by atoms with Gasteiger partial charge < -0.3 is 9.64 Å². The maximum absolute atomic E-state index is 10.8. The Morgan fingerprint density at radius 3 is 3.10 bits per heavy atom. The predicted octanol–water partition coefficient (Wildman–Crippen LogP) is 0.338. The number of hydrogen-bond acceptors (Lipinski definition) is 2. The topological polar surface area (TPSA) is 29.5 Å². The number of alkyl halides is 1. The van der Waals surface area contributed by atoms with Crippen LogP contribution in [0.3, 0.4) is 0 Å². The second-order valence-electron chi connectivity index (χ2n) is 2.62. The standard InChI is InChI=1S/C6H8BrNO2/c7-2-4-3-8-5(9)1-6(8)10-4/h4,6H,1-3H2/t4-,6+/m1/s1. The van der Waals surface area contributed by atoms with Gasteiger partial charge in [-0.3, -0.25) is 4.79 Å². The molecule has 4 heteroatoms. The van der Waals surface area contributed by atoms with Gasteiger partial charge in [-0.15, -0.1) is 0 Å². The van der Waals surface area contributed by atoms with Crippen molar-refractivity contribution in [3.05, 3.63) is 0 Å². The van der Waals surface area contributed by atoms with Crippen LogP contribution in [-0.2, 0) is 9.53 Å². The molecule has 2 saturated heterocycles. The Bertz CT molecular complexity index is 173. The van der Waals surface area contributed by atoms with Crippen LogP contribution < -0.4 is 0 Å². The zero-order chi connectivity index (χ0) is 7.14. The lowest BCUT2D eigenvalue weighted by atomic mass is 10.2. The first-order valence-electron chi connectivity index (χ1n) is 3.32. The van der Waals surface area contributed by atoms with Gasteiger partial charge in [0.1, 0.15) is 6.23 Å². The lowest BCUT2D eigenvalue weighted by Gasteiger charge is -2.31. The molecule has 0 radical (unpaired) electrons. The van der Waals surface area contributed by atoms with Crippen LogP contribution in [0.4, 0.5) is 0 Å². The third-order valence-corrected chi connectivity index (χ3v) is 2.66. The fourth-order valence-electron chi connectivity index (χ4n) is 1.34. The molecule has 0 bridgehead atoms. The van der Waals surface area contributed by atoms with Crippen molar-refractivity contribution in [3.8, 4) is 0 Å². The van der Waals surface area contributed by atoms with Gasteiger partial charge >= 0.3 is 0 Å². The highest BCUT2D eigenvalue weighted by atomic mass is 79.9. The largest absolute Gasteiger partial charge is 0.352 e. The molecule has 2 aliphatic rings. The fourth-order valence-corrected chi connectivity index (χ4v) is 1.69. The van der Waals surface area contributed by atoms with Crippen molar-refractivity contribution in [1.29, 1.82) is 0 Å². The van der Waals surface area contributed by atoms with Gasteiger partial charge in [0.25, 0.3) is 0 Å². The van der Waals surface area contributed by atoms with E-state index in [0.29, 0.717) is 6.42 Å². The minimum atomic E-state index is 0.107. The predicted molar refractivity (Wildman–Crippen MR) is 38.8 cm³/mol. The van der Waals surface area contributed by atoms with Gasteiger partial charge in [0.2, 0.25) is 5.91 Å². The summed E-state index contributed by atoms with van der Waals surface area (Å²) in [5, 5.41) is 0.827. The average Bonchev–Trinajstić information content (AvgIpc) is 2.26. The molecule has 0 saturated carbocycles. The summed E-state index contributed by atoms with van der Waals surface area (Å²) in [6.45, 7) is 0.773. The molecule has 0 aromatic heterocycles. The Balaban J connectivity index is 1.99. The van der Waals surface area contributed by atoms with E-state index in [1.807, 2.05) is 0 Å². The molecule has 2 atom stereocenters. The summed E-state index contributed by atoms with van der Waals surface area (Å²) in [6, 6.07) is 0. The zero-order valence-corrected chi connectivity index (χ0v) is 7.00. The van der Waals surface area contributed by atoms with Gasteiger partial charge in [0.05, 0.1) is 19.1 Å². The number of carbonyl (C=O) groups is 1. The molecule has 2 heterocycles. The van der Waals surface area contributed by atoms with E-state index in [0.717, 1.165) is 11.9 Å². The van der Waals surface area contributed by atoms with E-state index in [2.05, 4.69) is 15.9 Å². The van der Waals surface area contributed by atoms with E-state index in [-0.39, 0.29) is 18.2 Å². The minimum absolute atomic E-state index is 0.107. The quantitative estimate of drug-likeness (QED) is 0.457. The molecule has 0 aromatic carbocycles. The molecular formula is C6H8BrNO2. The third-order valence-electron chi connectivity index (χ3n) is 1.94. The van der Waals surface area contributed by atoms with Gasteiger partial charge in [0.15, 0.2) is 0 Å². The van der Waals surface area contributed by atoms with Crippen molar-refractivity contribution in [2.24, 2.45) is 0 Å². The van der Waals surface area contributed by atoms with Crippen molar-refractivity contribution >= 4 is 21.8 Å². The maximum atomic E-state index is 10.8. The lowest BCUT2D eigenvalue weighted by Crippen LogP contribution is -2.48. The highest BCUT2D eigenvalue weighted by Crippen LogP contribution is 2.28. The number of nitrogens with zero attached hydrogens (tertiary/aromatic N) is 1. The third kappa shape index (κ3) is 0.787. The first kappa shape index (κ1) is 6.61. The molecule has 0 aliphatic carbocycles. The first-order valence-corrected chi connectivity index (χ1v) is 4.44. The summed E-state index contributed by atoms with van der Waals surface area (Å²) in [4.78, 5) is 12.6. The maximum Gasteiger partial charge on any atom is 0.229 e. The Hall–Kier alpha value is -0.0900. The molecule has 0 aromatic rings. The van der Waals surface area contributed by atoms with Gasteiger partial charge in [0, 0.05) is 5.33 Å². The lowest BCUT2D eigenvalue weighted by molar-refractivity contribution is -0.156. The monoisotopic (exact) mass is 205 g/mol. The Kier molecular flexibility index (Phi) is 1.46. The highest BCUT2D eigenvalue weighted by molar-refractivity contribution is 9.09. The average molecular weight is 206 g/mol. The molecule has 0 unspecified atom stereocenters. The van der Waals surface area contributed by atoms with Gasteiger partial charge in [-0.25, -0.2) is 0 Å². The van der Waals surface area contributed by atoms with Crippen LogP contribution in [0.1, 0.15) is 6.42 Å². The van der Waals surface area contributed by atoms with E-state index < -0.39 is 0 Å². The van der Waals surface area contributed by atoms with Crippen LogP contribution in [0, 0.1) is 0 Å². The number of fused-ring (bicyclic) bond motifs is 1. The molecular weight excluding hydrogens is 198 g/mol. The fraction of sp³-hybridized carbons (Fsp3) is 0.833. The van der Waals surface area contributed by atoms with Gasteiger partial charge in [-0.1, -0.05) is 15.9 Å². The summed E-state index contributed by atoms with van der Waals surface area (Å²) in [5.74, 6) is 0.230. The van der Waals surface area contributed by atoms with Gasteiger partial charge in [-0.05, 0) is 0 Å².